The molecule has 226 valence electrons. The van der Waals surface area contributed by atoms with Crippen molar-refractivity contribution in [3.8, 4) is 11.3 Å². The zero-order chi connectivity index (χ0) is 30.7. The van der Waals surface area contributed by atoms with Gasteiger partial charge in [0, 0.05) is 24.1 Å². The van der Waals surface area contributed by atoms with Crippen molar-refractivity contribution in [2.75, 3.05) is 30.3 Å². The van der Waals surface area contributed by atoms with Crippen molar-refractivity contribution in [2.45, 2.75) is 39.2 Å². The van der Waals surface area contributed by atoms with E-state index in [-0.39, 0.29) is 36.6 Å². The minimum atomic E-state index is -3.77. The summed E-state index contributed by atoms with van der Waals surface area (Å²) in [6, 6.07) is 19.1. The van der Waals surface area contributed by atoms with Crippen LogP contribution in [0.4, 0.5) is 10.1 Å². The van der Waals surface area contributed by atoms with Crippen LogP contribution in [0.5, 0.6) is 0 Å². The molecule has 9 heteroatoms. The summed E-state index contributed by atoms with van der Waals surface area (Å²) in [5.74, 6) is -0.448. The first kappa shape index (κ1) is 30.5. The number of rotatable bonds is 13. The highest BCUT2D eigenvalue weighted by Gasteiger charge is 2.34. The average molecular weight is 605 g/mol. The molecule has 1 amide bonds. The summed E-state index contributed by atoms with van der Waals surface area (Å²) in [5, 5.41) is 3.26. The van der Waals surface area contributed by atoms with Crippen LogP contribution in [0.25, 0.3) is 22.3 Å². The van der Waals surface area contributed by atoms with E-state index < -0.39 is 15.8 Å². The lowest BCUT2D eigenvalue weighted by molar-refractivity contribution is 0.0964. The van der Waals surface area contributed by atoms with Crippen LogP contribution >= 0.6 is 0 Å². The molecule has 4 aromatic rings. The average Bonchev–Trinajstić information content (AvgIpc) is 3.75. The lowest BCUT2D eigenvalue weighted by Crippen LogP contribution is -2.37. The number of nitrogens with zero attached hydrogens (tertiary/aromatic N) is 1. The minimum Gasteiger partial charge on any atom is -0.455 e. The van der Waals surface area contributed by atoms with Gasteiger partial charge in [0.25, 0.3) is 5.91 Å². The van der Waals surface area contributed by atoms with Gasteiger partial charge in [0.15, 0.2) is 0 Å². The minimum absolute atomic E-state index is 0.0445. The number of fused-ring (bicyclic) bond motifs is 1. The summed E-state index contributed by atoms with van der Waals surface area (Å²) in [6.07, 6.45) is 1.82. The summed E-state index contributed by atoms with van der Waals surface area (Å²) in [7, 11) is -2.23. The maximum atomic E-state index is 13.9. The molecule has 0 aliphatic heterocycles. The monoisotopic (exact) mass is 604 g/mol. The number of amides is 1. The molecule has 1 heterocycles. The fourth-order valence-corrected chi connectivity index (χ4v) is 7.08. The summed E-state index contributed by atoms with van der Waals surface area (Å²) in [4.78, 5) is 13.1. The smallest absolute Gasteiger partial charge is 0.255 e. The second-order valence-corrected chi connectivity index (χ2v) is 13.4. The van der Waals surface area contributed by atoms with E-state index in [1.807, 2.05) is 50.2 Å². The third-order valence-electron chi connectivity index (χ3n) is 7.35. The molecule has 0 radical (unpaired) electrons. The van der Waals surface area contributed by atoms with E-state index >= 15 is 0 Å². The highest BCUT2D eigenvalue weighted by molar-refractivity contribution is 7.92. The van der Waals surface area contributed by atoms with E-state index in [0.717, 1.165) is 24.0 Å². The van der Waals surface area contributed by atoms with Crippen molar-refractivity contribution in [2.24, 2.45) is 5.92 Å². The number of hydrogen-bond acceptors (Lipinski definition) is 5. The van der Waals surface area contributed by atoms with Crippen molar-refractivity contribution >= 4 is 32.6 Å². The number of sulfonamides is 1. The third kappa shape index (κ3) is 7.00. The Kier molecular flexibility index (Phi) is 9.03. The summed E-state index contributed by atoms with van der Waals surface area (Å²) in [5.41, 5.74) is 4.22. The van der Waals surface area contributed by atoms with Gasteiger partial charge < -0.3 is 14.5 Å². The van der Waals surface area contributed by atoms with E-state index in [9.17, 15) is 17.6 Å². The van der Waals surface area contributed by atoms with Gasteiger partial charge in [-0.15, -0.1) is 0 Å². The number of benzene rings is 3. The molecular formula is C34H37FN2O5S. The zero-order valence-corrected chi connectivity index (χ0v) is 25.5. The highest BCUT2D eigenvalue weighted by Crippen LogP contribution is 2.48. The number of nitrogens with one attached hydrogen (secondary N) is 1. The number of carbonyl (C=O) groups excluding carboxylic acids is 1. The number of anilines is 1. The van der Waals surface area contributed by atoms with Crippen molar-refractivity contribution in [3.63, 3.8) is 0 Å². The van der Waals surface area contributed by atoms with Gasteiger partial charge in [0.05, 0.1) is 36.8 Å². The molecule has 0 atom stereocenters. The van der Waals surface area contributed by atoms with E-state index in [4.69, 9.17) is 9.15 Å². The van der Waals surface area contributed by atoms with Crippen LogP contribution < -0.4 is 9.62 Å². The predicted molar refractivity (Wildman–Crippen MR) is 168 cm³/mol. The Morgan fingerprint density at radius 2 is 1.81 bits per heavy atom. The second-order valence-electron chi connectivity index (χ2n) is 11.5. The Morgan fingerprint density at radius 3 is 2.44 bits per heavy atom. The number of hydrogen-bond donors (Lipinski definition) is 1. The van der Waals surface area contributed by atoms with Crippen LogP contribution in [-0.4, -0.2) is 40.3 Å². The third-order valence-corrected chi connectivity index (χ3v) is 9.43. The Hall–Kier alpha value is -3.95. The quantitative estimate of drug-likeness (QED) is 0.165. The molecule has 0 saturated heterocycles. The Balaban J connectivity index is 1.57. The first-order valence-corrected chi connectivity index (χ1v) is 16.1. The van der Waals surface area contributed by atoms with E-state index in [1.54, 1.807) is 18.2 Å². The van der Waals surface area contributed by atoms with Crippen LogP contribution in [0.3, 0.4) is 0 Å². The van der Waals surface area contributed by atoms with E-state index in [2.05, 4.69) is 11.9 Å². The standard InChI is InChI=1S/C34H37FN2O5S/c1-22(2)21-43(39,40)37(18-23(3)19-41-20-24-8-6-5-7-9-24)30-17-31-29(16-28(30)25-10-11-25)32(34(38)36-4)33(42-31)26-12-14-27(35)15-13-26/h5-9,12-17,22,25H,3,10-11,18-21H2,1-2,4H3,(H,36,38). The zero-order valence-electron chi connectivity index (χ0n) is 24.7. The molecule has 1 aromatic heterocycles. The fraction of sp³-hybridized carbons (Fsp3) is 0.324. The normalized spacial score (nSPS) is 13.4. The number of furan rings is 1. The van der Waals surface area contributed by atoms with Gasteiger partial charge in [-0.25, -0.2) is 12.8 Å². The predicted octanol–water partition coefficient (Wildman–Crippen LogP) is 7.04. The number of ether oxygens (including phenoxy) is 1. The van der Waals surface area contributed by atoms with E-state index in [1.165, 1.54) is 23.5 Å². The molecule has 7 nitrogen and oxygen atoms in total. The van der Waals surface area contributed by atoms with Gasteiger partial charge in [-0.1, -0.05) is 50.8 Å². The molecule has 1 N–H and O–H groups in total. The maximum absolute atomic E-state index is 13.9. The van der Waals surface area contributed by atoms with Gasteiger partial charge in [0.1, 0.15) is 17.2 Å². The second kappa shape index (κ2) is 12.7. The first-order chi connectivity index (χ1) is 20.6. The topological polar surface area (TPSA) is 88.8 Å². The Labute approximate surface area is 252 Å². The molecule has 0 unspecified atom stereocenters. The molecule has 1 fully saturated rings. The first-order valence-electron chi connectivity index (χ1n) is 14.4. The van der Waals surface area contributed by atoms with Crippen LogP contribution in [-0.2, 0) is 21.4 Å². The fourth-order valence-electron chi connectivity index (χ4n) is 5.22. The van der Waals surface area contributed by atoms with Gasteiger partial charge in [-0.05, 0) is 71.7 Å². The van der Waals surface area contributed by atoms with Crippen molar-refractivity contribution in [1.82, 2.24) is 5.32 Å². The molecule has 1 aliphatic rings. The largest absolute Gasteiger partial charge is 0.455 e. The van der Waals surface area contributed by atoms with Crippen molar-refractivity contribution < 1.29 is 26.8 Å². The number of halogens is 1. The molecule has 1 aliphatic carbocycles. The molecule has 1 saturated carbocycles. The van der Waals surface area contributed by atoms with E-state index in [0.29, 0.717) is 45.7 Å². The SMILES string of the molecule is C=C(COCc1ccccc1)CN(c1cc2oc(-c3ccc(F)cc3)c(C(=O)NC)c2cc1C1CC1)S(=O)(=O)CC(C)C. The lowest BCUT2D eigenvalue weighted by Gasteiger charge is -2.28. The van der Waals surface area contributed by atoms with Gasteiger partial charge in [-0.2, -0.15) is 0 Å². The van der Waals surface area contributed by atoms with Gasteiger partial charge in [-0.3, -0.25) is 9.10 Å². The van der Waals surface area contributed by atoms with Gasteiger partial charge >= 0.3 is 0 Å². The molecule has 43 heavy (non-hydrogen) atoms. The van der Waals surface area contributed by atoms with Crippen LogP contribution in [0, 0.1) is 11.7 Å². The summed E-state index contributed by atoms with van der Waals surface area (Å²) < 4.78 is 55.1. The van der Waals surface area contributed by atoms with Crippen molar-refractivity contribution in [3.05, 3.63) is 101 Å². The lowest BCUT2D eigenvalue weighted by atomic mass is 10.0. The van der Waals surface area contributed by atoms with Gasteiger partial charge in [0.2, 0.25) is 10.0 Å². The molecule has 0 spiro atoms. The molecule has 3 aromatic carbocycles. The maximum Gasteiger partial charge on any atom is 0.255 e. The summed E-state index contributed by atoms with van der Waals surface area (Å²) in [6.45, 7) is 8.53. The van der Waals surface area contributed by atoms with Crippen LogP contribution in [0.1, 0.15) is 54.1 Å². The molecule has 0 bridgehead atoms. The summed E-state index contributed by atoms with van der Waals surface area (Å²) >= 11 is 0. The molecule has 5 rings (SSSR count). The number of carbonyl (C=O) groups is 1. The Bertz CT molecular complexity index is 1730. The molecular weight excluding hydrogens is 567 g/mol. The van der Waals surface area contributed by atoms with Crippen molar-refractivity contribution in [1.29, 1.82) is 0 Å². The van der Waals surface area contributed by atoms with Crippen LogP contribution in [0.2, 0.25) is 0 Å². The Morgan fingerprint density at radius 1 is 1.12 bits per heavy atom. The van der Waals surface area contributed by atoms with Crippen LogP contribution in [0.15, 0.2) is 83.3 Å². The highest BCUT2D eigenvalue weighted by atomic mass is 32.2.